The summed E-state index contributed by atoms with van der Waals surface area (Å²) in [4.78, 5) is 15.3. The molecule has 0 saturated heterocycles. The predicted molar refractivity (Wildman–Crippen MR) is 129 cm³/mol. The van der Waals surface area contributed by atoms with E-state index in [-0.39, 0.29) is 35.8 Å². The number of anilines is 1. The number of benzene rings is 2. The van der Waals surface area contributed by atoms with Gasteiger partial charge < -0.3 is 16.0 Å². The van der Waals surface area contributed by atoms with E-state index in [0.29, 0.717) is 31.0 Å². The number of carbonyl (C=O) groups is 1. The zero-order valence-electron chi connectivity index (χ0n) is 17.7. The van der Waals surface area contributed by atoms with Gasteiger partial charge in [-0.1, -0.05) is 37.3 Å². The van der Waals surface area contributed by atoms with E-state index < -0.39 is 11.7 Å². The first-order valence-corrected chi connectivity index (χ1v) is 9.67. The Labute approximate surface area is 197 Å². The lowest BCUT2D eigenvalue weighted by Gasteiger charge is -2.16. The maximum atomic E-state index is 12.9. The van der Waals surface area contributed by atoms with Crippen molar-refractivity contribution in [1.29, 1.82) is 0 Å². The standard InChI is InChI=1S/C22H27F3N4O.HI/c1-15(18-7-5-8-19(13-18)22(23,24)25)10-11-27-21(26-3)28-14-17-6-4-9-20(12-17)29-16(2)30;/h4-9,12-13,15H,10-11,14H2,1-3H3,(H,29,30)(H2,26,27,28);1H. The molecule has 1 unspecified atom stereocenters. The van der Waals surface area contributed by atoms with E-state index >= 15 is 0 Å². The van der Waals surface area contributed by atoms with Gasteiger partial charge in [-0.25, -0.2) is 0 Å². The number of guanidine groups is 1. The van der Waals surface area contributed by atoms with Crippen molar-refractivity contribution in [2.24, 2.45) is 4.99 Å². The summed E-state index contributed by atoms with van der Waals surface area (Å²) in [6.07, 6.45) is -3.68. The van der Waals surface area contributed by atoms with E-state index in [1.807, 2.05) is 31.2 Å². The highest BCUT2D eigenvalue weighted by atomic mass is 127. The van der Waals surface area contributed by atoms with Gasteiger partial charge in [-0.05, 0) is 41.7 Å². The predicted octanol–water partition coefficient (Wildman–Crippen LogP) is 5.14. The molecule has 0 bridgehead atoms. The molecule has 0 aliphatic rings. The first-order valence-electron chi connectivity index (χ1n) is 9.67. The van der Waals surface area contributed by atoms with E-state index in [2.05, 4.69) is 20.9 Å². The molecule has 0 aliphatic carbocycles. The number of carbonyl (C=O) groups excluding carboxylic acids is 1. The molecule has 0 aliphatic heterocycles. The van der Waals surface area contributed by atoms with E-state index in [4.69, 9.17) is 0 Å². The van der Waals surface area contributed by atoms with Gasteiger partial charge in [0.05, 0.1) is 5.56 Å². The third kappa shape index (κ3) is 9.16. The van der Waals surface area contributed by atoms with Crippen LogP contribution in [0.4, 0.5) is 18.9 Å². The second kappa shape index (κ2) is 12.5. The number of aliphatic imine (C=N–C) groups is 1. The molecule has 9 heteroatoms. The zero-order chi connectivity index (χ0) is 22.1. The molecule has 0 aromatic heterocycles. The van der Waals surface area contributed by atoms with E-state index in [1.54, 1.807) is 13.1 Å². The van der Waals surface area contributed by atoms with E-state index in [0.717, 1.165) is 17.3 Å². The molecule has 0 spiro atoms. The van der Waals surface area contributed by atoms with Crippen LogP contribution in [0.1, 0.15) is 42.9 Å². The van der Waals surface area contributed by atoms with Gasteiger partial charge in [0.2, 0.25) is 5.91 Å². The number of alkyl halides is 3. The minimum absolute atomic E-state index is 0. The summed E-state index contributed by atoms with van der Waals surface area (Å²) in [6.45, 7) is 4.43. The zero-order valence-corrected chi connectivity index (χ0v) is 20.0. The molecule has 0 radical (unpaired) electrons. The molecule has 5 nitrogen and oxygen atoms in total. The van der Waals surface area contributed by atoms with Gasteiger partial charge in [0.25, 0.3) is 0 Å². The number of nitrogens with zero attached hydrogens (tertiary/aromatic N) is 1. The maximum Gasteiger partial charge on any atom is 0.416 e. The molecule has 2 aromatic carbocycles. The normalized spacial score (nSPS) is 12.5. The quantitative estimate of drug-likeness (QED) is 0.255. The van der Waals surface area contributed by atoms with Crippen LogP contribution >= 0.6 is 24.0 Å². The summed E-state index contributed by atoms with van der Waals surface area (Å²) >= 11 is 0. The van der Waals surface area contributed by atoms with Crippen molar-refractivity contribution >= 4 is 41.5 Å². The lowest BCUT2D eigenvalue weighted by molar-refractivity contribution is -0.137. The molecule has 31 heavy (non-hydrogen) atoms. The molecular formula is C22H28F3IN4O. The third-order valence-electron chi connectivity index (χ3n) is 4.58. The SMILES string of the molecule is CN=C(NCCC(C)c1cccc(C(F)(F)F)c1)NCc1cccc(NC(C)=O)c1.I. The number of rotatable bonds is 7. The average molecular weight is 548 g/mol. The lowest BCUT2D eigenvalue weighted by Crippen LogP contribution is -2.37. The highest BCUT2D eigenvalue weighted by Gasteiger charge is 2.30. The van der Waals surface area contributed by atoms with E-state index in [1.165, 1.54) is 19.1 Å². The van der Waals surface area contributed by atoms with Crippen LogP contribution in [0.15, 0.2) is 53.5 Å². The summed E-state index contributed by atoms with van der Waals surface area (Å²) in [5, 5.41) is 9.10. The van der Waals surface area contributed by atoms with Gasteiger partial charge in [0.15, 0.2) is 5.96 Å². The van der Waals surface area contributed by atoms with Crippen LogP contribution in [0, 0.1) is 0 Å². The van der Waals surface area contributed by atoms with Crippen LogP contribution in [0.3, 0.4) is 0 Å². The largest absolute Gasteiger partial charge is 0.416 e. The third-order valence-corrected chi connectivity index (χ3v) is 4.58. The summed E-state index contributed by atoms with van der Waals surface area (Å²) in [6, 6.07) is 12.9. The fraction of sp³-hybridized carbons (Fsp3) is 0.364. The Kier molecular flexibility index (Phi) is 10.8. The number of hydrogen-bond donors (Lipinski definition) is 3. The fourth-order valence-electron chi connectivity index (χ4n) is 2.96. The summed E-state index contributed by atoms with van der Waals surface area (Å²) in [5.41, 5.74) is 1.73. The Morgan fingerprint density at radius 3 is 2.45 bits per heavy atom. The van der Waals surface area contributed by atoms with Crippen LogP contribution in [0.5, 0.6) is 0 Å². The molecule has 3 N–H and O–H groups in total. The van der Waals surface area contributed by atoms with Crippen molar-refractivity contribution in [3.8, 4) is 0 Å². The minimum atomic E-state index is -4.34. The second-order valence-electron chi connectivity index (χ2n) is 7.05. The number of halogens is 4. The van der Waals surface area contributed by atoms with Crippen molar-refractivity contribution < 1.29 is 18.0 Å². The van der Waals surface area contributed by atoms with Gasteiger partial charge in [0.1, 0.15) is 0 Å². The minimum Gasteiger partial charge on any atom is -0.356 e. The Balaban J connectivity index is 0.00000480. The number of nitrogens with one attached hydrogen (secondary N) is 3. The Bertz CT molecular complexity index is 887. The Morgan fingerprint density at radius 2 is 1.81 bits per heavy atom. The van der Waals surface area contributed by atoms with Crippen LogP contribution in [0.2, 0.25) is 0 Å². The Morgan fingerprint density at radius 1 is 1.10 bits per heavy atom. The highest BCUT2D eigenvalue weighted by molar-refractivity contribution is 14.0. The maximum absolute atomic E-state index is 12.9. The van der Waals surface area contributed by atoms with Gasteiger partial charge in [0, 0.05) is 32.7 Å². The fourth-order valence-corrected chi connectivity index (χ4v) is 2.96. The summed E-state index contributed by atoms with van der Waals surface area (Å²) in [5.74, 6) is 0.427. The number of hydrogen-bond acceptors (Lipinski definition) is 2. The molecule has 0 saturated carbocycles. The molecule has 1 amide bonds. The molecular weight excluding hydrogens is 520 g/mol. The smallest absolute Gasteiger partial charge is 0.356 e. The average Bonchev–Trinajstić information content (AvgIpc) is 2.69. The lowest BCUT2D eigenvalue weighted by atomic mass is 9.96. The Hall–Kier alpha value is -2.30. The summed E-state index contributed by atoms with van der Waals surface area (Å²) in [7, 11) is 1.65. The highest BCUT2D eigenvalue weighted by Crippen LogP contribution is 2.31. The van der Waals surface area contributed by atoms with Gasteiger partial charge in [-0.3, -0.25) is 9.79 Å². The molecule has 170 valence electrons. The van der Waals surface area contributed by atoms with Gasteiger partial charge >= 0.3 is 6.18 Å². The van der Waals surface area contributed by atoms with Crippen molar-refractivity contribution in [2.45, 2.75) is 38.9 Å². The van der Waals surface area contributed by atoms with Crippen molar-refractivity contribution in [2.75, 3.05) is 18.9 Å². The van der Waals surface area contributed by atoms with Gasteiger partial charge in [-0.15, -0.1) is 24.0 Å². The van der Waals surface area contributed by atoms with Crippen LogP contribution in [-0.4, -0.2) is 25.5 Å². The van der Waals surface area contributed by atoms with Gasteiger partial charge in [-0.2, -0.15) is 13.2 Å². The first kappa shape index (κ1) is 26.7. The molecule has 2 rings (SSSR count). The molecule has 0 fully saturated rings. The number of amides is 1. The topological polar surface area (TPSA) is 65.5 Å². The van der Waals surface area contributed by atoms with Crippen LogP contribution in [0.25, 0.3) is 0 Å². The monoisotopic (exact) mass is 548 g/mol. The van der Waals surface area contributed by atoms with Crippen LogP contribution < -0.4 is 16.0 Å². The van der Waals surface area contributed by atoms with Crippen molar-refractivity contribution in [3.63, 3.8) is 0 Å². The molecule has 0 heterocycles. The van der Waals surface area contributed by atoms with Crippen LogP contribution in [-0.2, 0) is 17.5 Å². The molecule has 2 aromatic rings. The van der Waals surface area contributed by atoms with Crippen molar-refractivity contribution in [1.82, 2.24) is 10.6 Å². The van der Waals surface area contributed by atoms with E-state index in [9.17, 15) is 18.0 Å². The molecule has 1 atom stereocenters. The first-order chi connectivity index (χ1) is 14.2. The van der Waals surface area contributed by atoms with Crippen molar-refractivity contribution in [3.05, 3.63) is 65.2 Å². The summed E-state index contributed by atoms with van der Waals surface area (Å²) < 4.78 is 38.7. The second-order valence-corrected chi connectivity index (χ2v) is 7.05.